The minimum atomic E-state index is 0.464. The zero-order valence-corrected chi connectivity index (χ0v) is 15.4. The highest BCUT2D eigenvalue weighted by Crippen LogP contribution is 2.34. The molecule has 0 aliphatic heterocycles. The zero-order chi connectivity index (χ0) is 18.2. The van der Waals surface area contributed by atoms with E-state index in [1.807, 2.05) is 60.8 Å². The van der Waals surface area contributed by atoms with Gasteiger partial charge in [-0.2, -0.15) is 0 Å². The number of halogens is 1. The molecule has 0 radical (unpaired) electrons. The van der Waals surface area contributed by atoms with Gasteiger partial charge in [0, 0.05) is 36.6 Å². The maximum atomic E-state index is 6.43. The van der Waals surface area contributed by atoms with Crippen LogP contribution in [0.1, 0.15) is 16.7 Å². The zero-order valence-electron chi connectivity index (χ0n) is 14.6. The van der Waals surface area contributed by atoms with Crippen LogP contribution in [-0.2, 0) is 19.7 Å². The monoisotopic (exact) mass is 368 g/mol. The number of benzene rings is 2. The van der Waals surface area contributed by atoms with Gasteiger partial charge in [0.15, 0.2) is 11.5 Å². The fourth-order valence-electron chi connectivity index (χ4n) is 2.56. The number of methoxy groups -OCH3 is 1. The highest BCUT2D eigenvalue weighted by Gasteiger charge is 2.11. The molecule has 0 amide bonds. The van der Waals surface area contributed by atoms with E-state index in [-0.39, 0.29) is 0 Å². The van der Waals surface area contributed by atoms with Crippen molar-refractivity contribution in [3.63, 3.8) is 0 Å². The Hall–Kier alpha value is -2.56. The fraction of sp³-hybridized carbons (Fsp3) is 0.190. The van der Waals surface area contributed by atoms with Gasteiger partial charge >= 0.3 is 0 Å². The summed E-state index contributed by atoms with van der Waals surface area (Å²) < 4.78 is 11.4. The fourth-order valence-corrected chi connectivity index (χ4v) is 2.79. The van der Waals surface area contributed by atoms with Crippen LogP contribution in [-0.4, -0.2) is 12.1 Å². The minimum absolute atomic E-state index is 0.464. The Morgan fingerprint density at radius 2 is 1.77 bits per heavy atom. The van der Waals surface area contributed by atoms with E-state index in [4.69, 9.17) is 21.1 Å². The summed E-state index contributed by atoms with van der Waals surface area (Å²) in [6, 6.07) is 17.7. The minimum Gasteiger partial charge on any atom is -0.493 e. The Morgan fingerprint density at radius 1 is 0.962 bits per heavy atom. The molecule has 0 bridgehead atoms. The van der Waals surface area contributed by atoms with Crippen LogP contribution in [0, 0.1) is 0 Å². The normalized spacial score (nSPS) is 10.5. The van der Waals surface area contributed by atoms with Gasteiger partial charge in [0.2, 0.25) is 0 Å². The number of nitrogens with zero attached hydrogens (tertiary/aromatic N) is 1. The summed E-state index contributed by atoms with van der Waals surface area (Å²) in [6.07, 6.45) is 3.61. The number of ether oxygens (including phenoxy) is 2. The van der Waals surface area contributed by atoms with Gasteiger partial charge in [-0.1, -0.05) is 48.0 Å². The lowest BCUT2D eigenvalue weighted by atomic mass is 10.2. The molecule has 0 aliphatic carbocycles. The Morgan fingerprint density at radius 3 is 2.50 bits per heavy atom. The molecule has 3 rings (SSSR count). The van der Waals surface area contributed by atoms with Crippen LogP contribution in [0.3, 0.4) is 0 Å². The summed E-state index contributed by atoms with van der Waals surface area (Å²) in [5, 5.41) is 4.01. The number of aromatic nitrogens is 1. The van der Waals surface area contributed by atoms with Crippen LogP contribution in [0.4, 0.5) is 0 Å². The molecule has 0 atom stereocenters. The summed E-state index contributed by atoms with van der Waals surface area (Å²) in [7, 11) is 1.63. The molecule has 0 saturated carbocycles. The standard InChI is InChI=1S/C21H21ClN2O2/c1-25-20-10-18(14-24-13-17-8-5-9-23-12-17)19(22)11-21(20)26-15-16-6-3-2-4-7-16/h2-12,24H,13-15H2,1H3. The summed E-state index contributed by atoms with van der Waals surface area (Å²) in [6.45, 7) is 1.81. The van der Waals surface area contributed by atoms with Gasteiger partial charge in [0.1, 0.15) is 6.61 Å². The predicted molar refractivity (Wildman–Crippen MR) is 104 cm³/mol. The number of hydrogen-bond donors (Lipinski definition) is 1. The second kappa shape index (κ2) is 9.22. The molecule has 0 spiro atoms. The maximum absolute atomic E-state index is 6.43. The Balaban J connectivity index is 1.64. The molecule has 26 heavy (non-hydrogen) atoms. The van der Waals surface area contributed by atoms with Gasteiger partial charge in [-0.05, 0) is 28.8 Å². The molecular weight excluding hydrogens is 348 g/mol. The molecule has 2 aromatic carbocycles. The average molecular weight is 369 g/mol. The van der Waals surface area contributed by atoms with Crippen molar-refractivity contribution in [2.75, 3.05) is 7.11 Å². The maximum Gasteiger partial charge on any atom is 0.163 e. The van der Waals surface area contributed by atoms with Crippen molar-refractivity contribution >= 4 is 11.6 Å². The van der Waals surface area contributed by atoms with Crippen LogP contribution in [0.5, 0.6) is 11.5 Å². The summed E-state index contributed by atoms with van der Waals surface area (Å²) in [5.74, 6) is 1.31. The lowest BCUT2D eigenvalue weighted by Crippen LogP contribution is -2.13. The van der Waals surface area contributed by atoms with Gasteiger partial charge in [-0.25, -0.2) is 0 Å². The smallest absolute Gasteiger partial charge is 0.163 e. The molecule has 1 N–H and O–H groups in total. The molecule has 1 heterocycles. The van der Waals surface area contributed by atoms with E-state index >= 15 is 0 Å². The molecule has 5 heteroatoms. The third kappa shape index (κ3) is 4.97. The second-order valence-corrected chi connectivity index (χ2v) is 6.24. The average Bonchev–Trinajstić information content (AvgIpc) is 2.69. The van der Waals surface area contributed by atoms with Crippen LogP contribution >= 0.6 is 11.6 Å². The number of hydrogen-bond acceptors (Lipinski definition) is 4. The molecular formula is C21H21ClN2O2. The van der Waals surface area contributed by atoms with Crippen molar-refractivity contribution in [3.8, 4) is 11.5 Å². The lowest BCUT2D eigenvalue weighted by Gasteiger charge is -2.14. The van der Waals surface area contributed by atoms with Crippen LogP contribution in [0.15, 0.2) is 67.0 Å². The first-order valence-corrected chi connectivity index (χ1v) is 8.77. The van der Waals surface area contributed by atoms with E-state index < -0.39 is 0 Å². The Labute approximate surface area is 158 Å². The molecule has 134 valence electrons. The van der Waals surface area contributed by atoms with E-state index in [9.17, 15) is 0 Å². The SMILES string of the molecule is COc1cc(CNCc2cccnc2)c(Cl)cc1OCc1ccccc1. The van der Waals surface area contributed by atoms with Crippen molar-refractivity contribution < 1.29 is 9.47 Å². The third-order valence-corrected chi connectivity index (χ3v) is 4.29. The second-order valence-electron chi connectivity index (χ2n) is 5.83. The number of nitrogens with one attached hydrogen (secondary N) is 1. The van der Waals surface area contributed by atoms with Crippen LogP contribution in [0.25, 0.3) is 0 Å². The highest BCUT2D eigenvalue weighted by molar-refractivity contribution is 6.31. The molecule has 4 nitrogen and oxygen atoms in total. The van der Waals surface area contributed by atoms with Crippen LogP contribution in [0.2, 0.25) is 5.02 Å². The van der Waals surface area contributed by atoms with Crippen molar-refractivity contribution in [3.05, 3.63) is 88.7 Å². The van der Waals surface area contributed by atoms with Gasteiger partial charge in [0.05, 0.1) is 7.11 Å². The van der Waals surface area contributed by atoms with E-state index in [0.29, 0.717) is 29.7 Å². The topological polar surface area (TPSA) is 43.4 Å². The van der Waals surface area contributed by atoms with Crippen LogP contribution < -0.4 is 14.8 Å². The summed E-state index contributed by atoms with van der Waals surface area (Å²) in [4.78, 5) is 4.11. The lowest BCUT2D eigenvalue weighted by molar-refractivity contribution is 0.284. The largest absolute Gasteiger partial charge is 0.493 e. The molecule has 0 fully saturated rings. The molecule has 0 saturated heterocycles. The Bertz CT molecular complexity index is 826. The third-order valence-electron chi connectivity index (χ3n) is 3.94. The first kappa shape index (κ1) is 18.2. The molecule has 3 aromatic rings. The van der Waals surface area contributed by atoms with Gasteiger partial charge < -0.3 is 14.8 Å². The highest BCUT2D eigenvalue weighted by atomic mass is 35.5. The summed E-state index contributed by atoms with van der Waals surface area (Å²) >= 11 is 6.43. The van der Waals surface area contributed by atoms with Gasteiger partial charge in [0.25, 0.3) is 0 Å². The van der Waals surface area contributed by atoms with Gasteiger partial charge in [-0.3, -0.25) is 4.98 Å². The number of pyridine rings is 1. The van der Waals surface area contributed by atoms with E-state index in [0.717, 1.165) is 23.2 Å². The molecule has 0 aliphatic rings. The van der Waals surface area contributed by atoms with E-state index in [1.54, 1.807) is 13.3 Å². The Kier molecular flexibility index (Phi) is 6.47. The van der Waals surface area contributed by atoms with E-state index in [1.165, 1.54) is 0 Å². The quantitative estimate of drug-likeness (QED) is 0.630. The van der Waals surface area contributed by atoms with Crippen molar-refractivity contribution in [2.45, 2.75) is 19.7 Å². The first-order chi connectivity index (χ1) is 12.8. The van der Waals surface area contributed by atoms with Crippen molar-refractivity contribution in [1.29, 1.82) is 0 Å². The van der Waals surface area contributed by atoms with Crippen molar-refractivity contribution in [2.24, 2.45) is 0 Å². The number of rotatable bonds is 8. The summed E-state index contributed by atoms with van der Waals surface area (Å²) in [5.41, 5.74) is 3.17. The van der Waals surface area contributed by atoms with E-state index in [2.05, 4.69) is 10.3 Å². The van der Waals surface area contributed by atoms with Crippen molar-refractivity contribution in [1.82, 2.24) is 10.3 Å². The first-order valence-electron chi connectivity index (χ1n) is 8.39. The molecule has 0 unspecified atom stereocenters. The van der Waals surface area contributed by atoms with Gasteiger partial charge in [-0.15, -0.1) is 0 Å². The predicted octanol–water partition coefficient (Wildman–Crippen LogP) is 4.61. The molecule has 1 aromatic heterocycles.